The topological polar surface area (TPSA) is 187 Å². The van der Waals surface area contributed by atoms with Crippen LogP contribution in [0, 0.1) is 6.92 Å². The van der Waals surface area contributed by atoms with E-state index < -0.39 is 35.7 Å². The number of amides is 2. The van der Waals surface area contributed by atoms with E-state index in [1.807, 2.05) is 31.2 Å². The highest BCUT2D eigenvalue weighted by molar-refractivity contribution is 5.89. The van der Waals surface area contributed by atoms with Gasteiger partial charge in [0.1, 0.15) is 23.5 Å². The first-order valence-corrected chi connectivity index (χ1v) is 11.9. The molecular weight excluding hydrogens is 478 g/mol. The summed E-state index contributed by atoms with van der Waals surface area (Å²) in [5, 5.41) is 5.25. The van der Waals surface area contributed by atoms with Gasteiger partial charge in [-0.2, -0.15) is 0 Å². The van der Waals surface area contributed by atoms with Gasteiger partial charge in [0.25, 0.3) is 0 Å². The highest BCUT2D eigenvalue weighted by Crippen LogP contribution is 2.17. The number of benzene rings is 1. The van der Waals surface area contributed by atoms with Gasteiger partial charge in [0, 0.05) is 30.4 Å². The number of ether oxygens (including phenoxy) is 2. The van der Waals surface area contributed by atoms with Crippen molar-refractivity contribution in [3.63, 3.8) is 0 Å². The number of nitrogens with zero attached hydrogens (tertiary/aromatic N) is 2. The Labute approximate surface area is 216 Å². The summed E-state index contributed by atoms with van der Waals surface area (Å²) in [6, 6.07) is 5.79. The van der Waals surface area contributed by atoms with Crippen LogP contribution in [0.4, 0.5) is 4.79 Å². The second-order valence-electron chi connectivity index (χ2n) is 9.56. The summed E-state index contributed by atoms with van der Waals surface area (Å²) in [5.41, 5.74) is 12.5. The Morgan fingerprint density at radius 2 is 1.78 bits per heavy atom. The number of carbonyl (C=O) groups excluding carboxylic acids is 3. The van der Waals surface area contributed by atoms with Crippen molar-refractivity contribution in [3.8, 4) is 11.4 Å². The number of aliphatic imine (C=N–C) groups is 1. The third kappa shape index (κ3) is 10.2. The van der Waals surface area contributed by atoms with Crippen LogP contribution in [0.1, 0.15) is 44.9 Å². The number of carbonyl (C=O) groups is 3. The van der Waals surface area contributed by atoms with Crippen molar-refractivity contribution >= 4 is 23.9 Å². The Kier molecular flexibility index (Phi) is 10.5. The number of rotatable bonds is 11. The van der Waals surface area contributed by atoms with Crippen molar-refractivity contribution < 1.29 is 23.9 Å². The average molecular weight is 516 g/mol. The lowest BCUT2D eigenvalue weighted by Gasteiger charge is -2.24. The van der Waals surface area contributed by atoms with E-state index in [0.29, 0.717) is 17.9 Å². The first-order valence-electron chi connectivity index (χ1n) is 11.9. The molecule has 2 aromatic rings. The maximum absolute atomic E-state index is 13.2. The first-order chi connectivity index (χ1) is 17.4. The van der Waals surface area contributed by atoms with Crippen LogP contribution < -0.4 is 22.1 Å². The molecule has 7 N–H and O–H groups in total. The summed E-state index contributed by atoms with van der Waals surface area (Å²) < 4.78 is 10.2. The Morgan fingerprint density at radius 3 is 2.38 bits per heavy atom. The van der Waals surface area contributed by atoms with Gasteiger partial charge in [0.15, 0.2) is 5.96 Å². The van der Waals surface area contributed by atoms with Crippen molar-refractivity contribution in [1.29, 1.82) is 0 Å². The molecule has 2 rings (SSSR count). The van der Waals surface area contributed by atoms with E-state index in [0.717, 1.165) is 11.1 Å². The maximum Gasteiger partial charge on any atom is 0.408 e. The van der Waals surface area contributed by atoms with Gasteiger partial charge in [-0.05, 0) is 40.5 Å². The van der Waals surface area contributed by atoms with Crippen LogP contribution >= 0.6 is 0 Å². The molecule has 37 heavy (non-hydrogen) atoms. The second kappa shape index (κ2) is 13.3. The molecule has 2 atom stereocenters. The monoisotopic (exact) mass is 515 g/mol. The Bertz CT molecular complexity index is 1090. The zero-order chi connectivity index (χ0) is 27.6. The number of guanidine groups is 1. The van der Waals surface area contributed by atoms with Crippen molar-refractivity contribution in [2.75, 3.05) is 13.7 Å². The lowest BCUT2D eigenvalue weighted by atomic mass is 10.1. The van der Waals surface area contributed by atoms with Gasteiger partial charge in [-0.25, -0.2) is 14.6 Å². The van der Waals surface area contributed by atoms with Crippen LogP contribution in [0.5, 0.6) is 0 Å². The fraction of sp³-hybridized carbons (Fsp3) is 0.480. The van der Waals surface area contributed by atoms with Gasteiger partial charge in [-0.1, -0.05) is 29.8 Å². The molecule has 1 aromatic heterocycles. The summed E-state index contributed by atoms with van der Waals surface area (Å²) >= 11 is 0. The lowest BCUT2D eigenvalue weighted by Crippen LogP contribution is -2.53. The fourth-order valence-corrected chi connectivity index (χ4v) is 3.37. The van der Waals surface area contributed by atoms with Crippen molar-refractivity contribution in [1.82, 2.24) is 20.6 Å². The van der Waals surface area contributed by atoms with Gasteiger partial charge in [-0.15, -0.1) is 0 Å². The van der Waals surface area contributed by atoms with Crippen molar-refractivity contribution in [3.05, 3.63) is 41.7 Å². The minimum atomic E-state index is -1.06. The number of nitrogens with two attached hydrogens (primary N) is 2. The number of aromatic nitrogens is 2. The summed E-state index contributed by atoms with van der Waals surface area (Å²) in [6.07, 6.45) is 1.55. The van der Waals surface area contributed by atoms with Crippen molar-refractivity contribution in [2.24, 2.45) is 16.5 Å². The molecule has 1 aromatic carbocycles. The minimum Gasteiger partial charge on any atom is -0.467 e. The highest BCUT2D eigenvalue weighted by Gasteiger charge is 2.29. The molecule has 0 saturated carbocycles. The van der Waals surface area contributed by atoms with E-state index >= 15 is 0 Å². The van der Waals surface area contributed by atoms with Crippen LogP contribution in [-0.4, -0.2) is 65.2 Å². The van der Waals surface area contributed by atoms with Crippen LogP contribution in [-0.2, 0) is 25.5 Å². The molecule has 1 heterocycles. The molecule has 0 spiro atoms. The summed E-state index contributed by atoms with van der Waals surface area (Å²) in [5.74, 6) is -0.657. The van der Waals surface area contributed by atoms with Crippen LogP contribution in [0.2, 0.25) is 0 Å². The molecule has 0 radical (unpaired) electrons. The number of H-pyrrole nitrogens is 1. The summed E-state index contributed by atoms with van der Waals surface area (Å²) in [7, 11) is 1.23. The second-order valence-corrected chi connectivity index (χ2v) is 9.56. The number of imidazole rings is 1. The number of aryl methyl sites for hydroxylation is 1. The van der Waals surface area contributed by atoms with E-state index in [-0.39, 0.29) is 25.3 Å². The largest absolute Gasteiger partial charge is 0.467 e. The lowest BCUT2D eigenvalue weighted by molar-refractivity contribution is -0.145. The molecule has 0 unspecified atom stereocenters. The molecule has 0 fully saturated rings. The van der Waals surface area contributed by atoms with Gasteiger partial charge < -0.3 is 36.6 Å². The van der Waals surface area contributed by atoms with Gasteiger partial charge >= 0.3 is 12.1 Å². The number of esters is 1. The standard InChI is InChI=1S/C25H37N7O5/c1-15-8-10-16(11-9-15)20-29-14-17(30-20)13-19(32-24(35)37-25(2,3)4)21(33)31-18(22(34)36-5)7-6-12-28-23(26)27/h8-11,14,18-19H,6-7,12-13H2,1-5H3,(H,29,30)(H,31,33)(H,32,35)(H4,26,27,28)/t18-,19-/m0/s1. The van der Waals surface area contributed by atoms with Gasteiger partial charge in [-0.3, -0.25) is 9.79 Å². The number of nitrogens with one attached hydrogen (secondary N) is 3. The predicted molar refractivity (Wildman–Crippen MR) is 139 cm³/mol. The molecular formula is C25H37N7O5. The third-order valence-corrected chi connectivity index (χ3v) is 5.13. The number of hydrogen-bond acceptors (Lipinski definition) is 7. The third-order valence-electron chi connectivity index (χ3n) is 5.13. The molecule has 0 aliphatic carbocycles. The molecule has 202 valence electrons. The van der Waals surface area contributed by atoms with Gasteiger partial charge in [0.2, 0.25) is 5.91 Å². The fourth-order valence-electron chi connectivity index (χ4n) is 3.37. The van der Waals surface area contributed by atoms with Crippen molar-refractivity contribution in [2.45, 2.75) is 64.6 Å². The molecule has 12 heteroatoms. The van der Waals surface area contributed by atoms with Crippen LogP contribution in [0.15, 0.2) is 35.5 Å². The number of hydrogen-bond donors (Lipinski definition) is 5. The average Bonchev–Trinajstić information content (AvgIpc) is 3.27. The predicted octanol–water partition coefficient (Wildman–Crippen LogP) is 1.53. The van der Waals surface area contributed by atoms with E-state index in [2.05, 4.69) is 25.6 Å². The molecule has 2 amide bonds. The smallest absolute Gasteiger partial charge is 0.408 e. The highest BCUT2D eigenvalue weighted by atomic mass is 16.6. The van der Waals surface area contributed by atoms with Crippen LogP contribution in [0.25, 0.3) is 11.4 Å². The van der Waals surface area contributed by atoms with Crippen LogP contribution in [0.3, 0.4) is 0 Å². The molecule has 0 aliphatic heterocycles. The number of alkyl carbamates (subject to hydrolysis) is 1. The maximum atomic E-state index is 13.2. The SMILES string of the molecule is COC(=O)[C@H](CCCN=C(N)N)NC(=O)[C@H](Cc1cnc(-c2ccc(C)cc2)[nH]1)NC(=O)OC(C)(C)C. The molecule has 0 bridgehead atoms. The zero-order valence-electron chi connectivity index (χ0n) is 22.0. The van der Waals surface area contributed by atoms with E-state index in [9.17, 15) is 14.4 Å². The Hall–Kier alpha value is -4.09. The van der Waals surface area contributed by atoms with E-state index in [1.165, 1.54) is 7.11 Å². The minimum absolute atomic E-state index is 0.0650. The number of methoxy groups -OCH3 is 1. The normalized spacial score (nSPS) is 12.7. The Morgan fingerprint density at radius 1 is 1.11 bits per heavy atom. The van der Waals surface area contributed by atoms with E-state index in [1.54, 1.807) is 27.0 Å². The first kappa shape index (κ1) is 29.1. The molecule has 12 nitrogen and oxygen atoms in total. The van der Waals surface area contributed by atoms with Gasteiger partial charge in [0.05, 0.1) is 7.11 Å². The number of aromatic amines is 1. The summed E-state index contributed by atoms with van der Waals surface area (Å²) in [4.78, 5) is 49.5. The Balaban J connectivity index is 2.20. The molecule has 0 saturated heterocycles. The molecule has 0 aliphatic rings. The van der Waals surface area contributed by atoms with E-state index in [4.69, 9.17) is 20.9 Å². The quantitative estimate of drug-likeness (QED) is 0.129. The summed E-state index contributed by atoms with van der Waals surface area (Å²) in [6.45, 7) is 7.42. The zero-order valence-corrected chi connectivity index (χ0v) is 22.0.